The summed E-state index contributed by atoms with van der Waals surface area (Å²) in [4.78, 5) is 16.8. The van der Waals surface area contributed by atoms with Gasteiger partial charge in [0.15, 0.2) is 5.03 Å². The van der Waals surface area contributed by atoms with Gasteiger partial charge in [-0.25, -0.2) is 13.4 Å². The summed E-state index contributed by atoms with van der Waals surface area (Å²) in [6.07, 6.45) is 5.75. The number of carbonyl (C=O) groups excluding carboxylic acids is 1. The predicted molar refractivity (Wildman–Crippen MR) is 71.2 cm³/mol. The highest BCUT2D eigenvalue weighted by Gasteiger charge is 2.43. The van der Waals surface area contributed by atoms with Crippen molar-refractivity contribution in [3.8, 4) is 0 Å². The predicted octanol–water partition coefficient (Wildman–Crippen LogP) is -0.339. The fourth-order valence-electron chi connectivity index (χ4n) is 3.16. The van der Waals surface area contributed by atoms with E-state index < -0.39 is 10.0 Å². The van der Waals surface area contributed by atoms with Gasteiger partial charge in [0.1, 0.15) is 0 Å². The highest BCUT2D eigenvalue weighted by molar-refractivity contribution is 7.89. The minimum Gasteiger partial charge on any atom is -0.341 e. The van der Waals surface area contributed by atoms with Crippen LogP contribution in [0.2, 0.25) is 0 Å². The molecule has 2 saturated heterocycles. The summed E-state index contributed by atoms with van der Waals surface area (Å²) in [5.74, 6) is 0.243. The van der Waals surface area contributed by atoms with Crippen molar-refractivity contribution in [2.75, 3.05) is 19.6 Å². The molecule has 1 aromatic heterocycles. The first-order chi connectivity index (χ1) is 9.52. The lowest BCUT2D eigenvalue weighted by Crippen LogP contribution is -2.44. The zero-order chi connectivity index (χ0) is 14.3. The second-order valence-electron chi connectivity index (χ2n) is 5.51. The van der Waals surface area contributed by atoms with E-state index in [0.717, 1.165) is 25.8 Å². The number of hydrogen-bond donors (Lipinski definition) is 0. The van der Waals surface area contributed by atoms with Crippen molar-refractivity contribution < 1.29 is 13.2 Å². The van der Waals surface area contributed by atoms with Gasteiger partial charge in [-0.3, -0.25) is 4.79 Å². The molecule has 8 heteroatoms. The number of imidazole rings is 1. The van der Waals surface area contributed by atoms with Gasteiger partial charge < -0.3 is 9.47 Å². The number of carbonyl (C=O) groups is 1. The van der Waals surface area contributed by atoms with Crippen LogP contribution in [-0.4, -0.2) is 59.3 Å². The smallest absolute Gasteiger partial charge is 0.262 e. The number of rotatable bonds is 3. The van der Waals surface area contributed by atoms with Crippen LogP contribution < -0.4 is 0 Å². The molecule has 20 heavy (non-hydrogen) atoms. The van der Waals surface area contributed by atoms with E-state index in [4.69, 9.17) is 0 Å². The van der Waals surface area contributed by atoms with Gasteiger partial charge in [-0.05, 0) is 18.8 Å². The van der Waals surface area contributed by atoms with Crippen molar-refractivity contribution in [3.63, 3.8) is 0 Å². The van der Waals surface area contributed by atoms with E-state index in [9.17, 15) is 13.2 Å². The van der Waals surface area contributed by atoms with Crippen LogP contribution >= 0.6 is 0 Å². The summed E-state index contributed by atoms with van der Waals surface area (Å²) >= 11 is 0. The molecule has 0 aliphatic carbocycles. The van der Waals surface area contributed by atoms with Gasteiger partial charge in [-0.1, -0.05) is 0 Å². The fraction of sp³-hybridized carbons (Fsp3) is 0.667. The number of fused-ring (bicyclic) bond motifs is 1. The average Bonchev–Trinajstić information content (AvgIpc) is 3.04. The molecule has 110 valence electrons. The molecule has 0 N–H and O–H groups in total. The summed E-state index contributed by atoms with van der Waals surface area (Å²) in [6.45, 7) is 1.58. The van der Waals surface area contributed by atoms with Gasteiger partial charge >= 0.3 is 0 Å². The van der Waals surface area contributed by atoms with Crippen molar-refractivity contribution in [3.05, 3.63) is 12.5 Å². The summed E-state index contributed by atoms with van der Waals surface area (Å²) < 4.78 is 28.1. The van der Waals surface area contributed by atoms with E-state index in [1.165, 1.54) is 16.8 Å². The van der Waals surface area contributed by atoms with Gasteiger partial charge in [0.25, 0.3) is 10.0 Å². The van der Waals surface area contributed by atoms with Crippen molar-refractivity contribution in [2.45, 2.75) is 23.9 Å². The molecule has 0 aromatic carbocycles. The number of nitrogens with zero attached hydrogens (tertiary/aromatic N) is 4. The van der Waals surface area contributed by atoms with Gasteiger partial charge in [-0.15, -0.1) is 0 Å². The van der Waals surface area contributed by atoms with E-state index in [-0.39, 0.29) is 17.0 Å². The molecule has 0 saturated carbocycles. The van der Waals surface area contributed by atoms with E-state index >= 15 is 0 Å². The molecule has 2 fully saturated rings. The van der Waals surface area contributed by atoms with Gasteiger partial charge in [0.2, 0.25) is 6.41 Å². The monoisotopic (exact) mass is 298 g/mol. The number of aryl methyl sites for hydroxylation is 1. The number of hydrogen-bond acceptors (Lipinski definition) is 4. The zero-order valence-corrected chi connectivity index (χ0v) is 12.2. The lowest BCUT2D eigenvalue weighted by Gasteiger charge is -2.33. The Morgan fingerprint density at radius 3 is 2.85 bits per heavy atom. The first-order valence-corrected chi connectivity index (χ1v) is 8.15. The minimum absolute atomic E-state index is 0.0136. The molecule has 3 heterocycles. The van der Waals surface area contributed by atoms with Crippen LogP contribution in [-0.2, 0) is 21.9 Å². The molecule has 2 aliphatic heterocycles. The SMILES string of the molecule is Cn1cnc(S(=O)(=O)N2CC3CCCN(C=O)C3C2)c1. The molecule has 2 aliphatic rings. The minimum atomic E-state index is -3.55. The normalized spacial score (nSPS) is 27.6. The molecule has 1 amide bonds. The largest absolute Gasteiger partial charge is 0.341 e. The van der Waals surface area contributed by atoms with Crippen LogP contribution in [0.4, 0.5) is 0 Å². The Kier molecular flexibility index (Phi) is 3.29. The molecule has 2 unspecified atom stereocenters. The van der Waals surface area contributed by atoms with Gasteiger partial charge in [-0.2, -0.15) is 4.31 Å². The van der Waals surface area contributed by atoms with Crippen LogP contribution in [0, 0.1) is 5.92 Å². The molecular weight excluding hydrogens is 280 g/mol. The first kappa shape index (κ1) is 13.6. The maximum absolute atomic E-state index is 12.5. The molecule has 0 bridgehead atoms. The maximum Gasteiger partial charge on any atom is 0.262 e. The standard InChI is InChI=1S/C12H18N4O3S/c1-14-7-12(13-8-14)20(18,19)16-5-10-3-2-4-15(9-17)11(10)6-16/h7-11H,2-6H2,1H3. The van der Waals surface area contributed by atoms with Crippen LogP contribution in [0.1, 0.15) is 12.8 Å². The molecule has 3 rings (SSSR count). The van der Waals surface area contributed by atoms with E-state index in [2.05, 4.69) is 4.98 Å². The Bertz CT molecular complexity index is 612. The van der Waals surface area contributed by atoms with Crippen molar-refractivity contribution in [2.24, 2.45) is 13.0 Å². The van der Waals surface area contributed by atoms with Crippen LogP contribution in [0.5, 0.6) is 0 Å². The Hall–Kier alpha value is -1.41. The van der Waals surface area contributed by atoms with Crippen LogP contribution in [0.25, 0.3) is 0 Å². The summed E-state index contributed by atoms with van der Waals surface area (Å²) in [5.41, 5.74) is 0. The highest BCUT2D eigenvalue weighted by atomic mass is 32.2. The second-order valence-corrected chi connectivity index (χ2v) is 7.40. The Morgan fingerprint density at radius 1 is 1.40 bits per heavy atom. The molecule has 1 aromatic rings. The fourth-order valence-corrected chi connectivity index (χ4v) is 4.64. The Labute approximate surface area is 118 Å². The quantitative estimate of drug-likeness (QED) is 0.716. The van der Waals surface area contributed by atoms with E-state index in [1.807, 2.05) is 0 Å². The summed E-state index contributed by atoms with van der Waals surface area (Å²) in [7, 11) is -1.81. The third kappa shape index (κ3) is 2.12. The molecule has 2 atom stereocenters. The Balaban J connectivity index is 1.84. The van der Waals surface area contributed by atoms with Gasteiger partial charge in [0.05, 0.1) is 6.33 Å². The summed E-state index contributed by atoms with van der Waals surface area (Å²) in [5, 5.41) is 0.0799. The number of likely N-dealkylation sites (tertiary alicyclic amines) is 1. The van der Waals surface area contributed by atoms with Crippen molar-refractivity contribution >= 4 is 16.4 Å². The number of amides is 1. The van der Waals surface area contributed by atoms with Crippen molar-refractivity contribution in [1.29, 1.82) is 0 Å². The van der Waals surface area contributed by atoms with E-state index in [1.54, 1.807) is 16.5 Å². The molecular formula is C12H18N4O3S. The highest BCUT2D eigenvalue weighted by Crippen LogP contribution is 2.32. The van der Waals surface area contributed by atoms with Crippen LogP contribution in [0.3, 0.4) is 0 Å². The van der Waals surface area contributed by atoms with Gasteiger partial charge in [0, 0.05) is 38.9 Å². The third-order valence-electron chi connectivity index (χ3n) is 4.21. The topological polar surface area (TPSA) is 75.5 Å². The Morgan fingerprint density at radius 2 is 2.20 bits per heavy atom. The summed E-state index contributed by atoms with van der Waals surface area (Å²) in [6, 6.07) is 0.0136. The average molecular weight is 298 g/mol. The third-order valence-corrected chi connectivity index (χ3v) is 5.93. The lowest BCUT2D eigenvalue weighted by atomic mass is 9.93. The maximum atomic E-state index is 12.5. The number of sulfonamides is 1. The molecule has 0 spiro atoms. The first-order valence-electron chi connectivity index (χ1n) is 6.71. The number of aromatic nitrogens is 2. The second kappa shape index (κ2) is 4.85. The zero-order valence-electron chi connectivity index (χ0n) is 11.3. The number of piperidine rings is 1. The van der Waals surface area contributed by atoms with Crippen LogP contribution in [0.15, 0.2) is 17.6 Å². The molecule has 7 nitrogen and oxygen atoms in total. The van der Waals surface area contributed by atoms with E-state index in [0.29, 0.717) is 13.1 Å². The van der Waals surface area contributed by atoms with Crippen molar-refractivity contribution in [1.82, 2.24) is 18.8 Å². The lowest BCUT2D eigenvalue weighted by molar-refractivity contribution is -0.121. The molecule has 0 radical (unpaired) electrons.